The van der Waals surface area contributed by atoms with Crippen LogP contribution in [-0.4, -0.2) is 5.11 Å². The predicted octanol–water partition coefficient (Wildman–Crippen LogP) is 2.17. The summed E-state index contributed by atoms with van der Waals surface area (Å²) in [6, 6.07) is 5.11. The molecule has 0 aliphatic rings. The van der Waals surface area contributed by atoms with Gasteiger partial charge in [-0.15, -0.1) is 0 Å². The van der Waals surface area contributed by atoms with Gasteiger partial charge in [-0.2, -0.15) is 0 Å². The summed E-state index contributed by atoms with van der Waals surface area (Å²) in [6.45, 7) is 1.83. The Hall–Kier alpha value is -0.540. The summed E-state index contributed by atoms with van der Waals surface area (Å²) in [5.41, 5.74) is 6.38. The Kier molecular flexibility index (Phi) is 2.52. The van der Waals surface area contributed by atoms with Gasteiger partial charge in [-0.05, 0) is 19.1 Å². The molecule has 0 unspecified atom stereocenters. The third kappa shape index (κ3) is 1.73. The molecule has 3 heteroatoms. The second-order valence-corrected chi connectivity index (χ2v) is 3.32. The zero-order valence-corrected chi connectivity index (χ0v) is 7.80. The van der Waals surface area contributed by atoms with Gasteiger partial charge >= 0.3 is 0 Å². The first kappa shape index (κ1) is 8.56. The molecular formula is C8H10BrNO. The molecule has 1 atom stereocenters. The molecule has 0 aliphatic carbocycles. The second kappa shape index (κ2) is 3.24. The summed E-state index contributed by atoms with van der Waals surface area (Å²) in [5, 5.41) is 9.35. The molecule has 1 rings (SSSR count). The lowest BCUT2D eigenvalue weighted by Gasteiger charge is -2.09. The Morgan fingerprint density at radius 3 is 2.55 bits per heavy atom. The quantitative estimate of drug-likeness (QED) is 0.755. The molecule has 2 nitrogen and oxygen atoms in total. The zero-order chi connectivity index (χ0) is 8.43. The maximum Gasteiger partial charge on any atom is 0.121 e. The maximum absolute atomic E-state index is 9.35. The van der Waals surface area contributed by atoms with Crippen molar-refractivity contribution in [3.63, 3.8) is 0 Å². The van der Waals surface area contributed by atoms with E-state index in [4.69, 9.17) is 5.73 Å². The third-order valence-corrected chi connectivity index (χ3v) is 2.18. The van der Waals surface area contributed by atoms with Crippen LogP contribution in [0.5, 0.6) is 5.75 Å². The summed E-state index contributed by atoms with van der Waals surface area (Å²) < 4.78 is 0.854. The molecule has 0 fully saturated rings. The van der Waals surface area contributed by atoms with Gasteiger partial charge < -0.3 is 10.8 Å². The first-order valence-corrected chi connectivity index (χ1v) is 4.15. The van der Waals surface area contributed by atoms with E-state index in [1.807, 2.05) is 13.0 Å². The van der Waals surface area contributed by atoms with Crippen molar-refractivity contribution < 1.29 is 5.11 Å². The molecule has 0 spiro atoms. The predicted molar refractivity (Wildman–Crippen MR) is 48.4 cm³/mol. The van der Waals surface area contributed by atoms with Gasteiger partial charge in [0, 0.05) is 16.1 Å². The van der Waals surface area contributed by atoms with Crippen molar-refractivity contribution in [2.24, 2.45) is 5.73 Å². The fourth-order valence-corrected chi connectivity index (χ4v) is 1.69. The van der Waals surface area contributed by atoms with Crippen LogP contribution in [0.4, 0.5) is 0 Å². The van der Waals surface area contributed by atoms with E-state index < -0.39 is 0 Å². The van der Waals surface area contributed by atoms with Crippen LogP contribution >= 0.6 is 15.9 Å². The van der Waals surface area contributed by atoms with Crippen LogP contribution in [0.3, 0.4) is 0 Å². The first-order valence-electron chi connectivity index (χ1n) is 3.36. The second-order valence-electron chi connectivity index (χ2n) is 2.46. The summed E-state index contributed by atoms with van der Waals surface area (Å²) in [7, 11) is 0. The molecule has 0 amide bonds. The van der Waals surface area contributed by atoms with Gasteiger partial charge in [-0.25, -0.2) is 0 Å². The molecular weight excluding hydrogens is 206 g/mol. The van der Waals surface area contributed by atoms with Crippen LogP contribution in [-0.2, 0) is 0 Å². The minimum atomic E-state index is -0.148. The van der Waals surface area contributed by atoms with Crippen molar-refractivity contribution in [1.29, 1.82) is 0 Å². The normalized spacial score (nSPS) is 13.0. The molecule has 11 heavy (non-hydrogen) atoms. The number of phenolic OH excluding ortho intramolecular Hbond substituents is 1. The lowest BCUT2D eigenvalue weighted by atomic mass is 10.1. The highest BCUT2D eigenvalue weighted by Gasteiger charge is 2.08. The molecule has 0 saturated heterocycles. The summed E-state index contributed by atoms with van der Waals surface area (Å²) >= 11 is 3.31. The van der Waals surface area contributed by atoms with Crippen molar-refractivity contribution >= 4 is 15.9 Å². The van der Waals surface area contributed by atoms with E-state index in [9.17, 15) is 5.11 Å². The van der Waals surface area contributed by atoms with Crippen LogP contribution < -0.4 is 5.73 Å². The fraction of sp³-hybridized carbons (Fsp3) is 0.250. The number of nitrogens with two attached hydrogens (primary N) is 1. The van der Waals surface area contributed by atoms with Crippen LogP contribution in [0.25, 0.3) is 0 Å². The molecule has 60 valence electrons. The van der Waals surface area contributed by atoms with Gasteiger partial charge in [-0.1, -0.05) is 22.0 Å². The number of benzene rings is 1. The van der Waals surface area contributed by atoms with E-state index in [1.165, 1.54) is 0 Å². The van der Waals surface area contributed by atoms with Crippen molar-refractivity contribution in [2.45, 2.75) is 13.0 Å². The average molecular weight is 216 g/mol. The summed E-state index contributed by atoms with van der Waals surface area (Å²) in [4.78, 5) is 0. The topological polar surface area (TPSA) is 46.2 Å². The number of hydrogen-bond donors (Lipinski definition) is 2. The number of phenols is 1. The Morgan fingerprint density at radius 1 is 1.55 bits per heavy atom. The number of hydrogen-bond acceptors (Lipinski definition) is 2. The largest absolute Gasteiger partial charge is 0.508 e. The van der Waals surface area contributed by atoms with Crippen LogP contribution in [0, 0.1) is 0 Å². The molecule has 0 aliphatic heterocycles. The van der Waals surface area contributed by atoms with E-state index in [1.54, 1.807) is 12.1 Å². The Labute approximate surface area is 74.2 Å². The van der Waals surface area contributed by atoms with Crippen LogP contribution in [0.1, 0.15) is 18.5 Å². The SMILES string of the molecule is C[C@H](N)c1c(O)cccc1Br. The lowest BCUT2D eigenvalue weighted by Crippen LogP contribution is -2.05. The molecule has 0 bridgehead atoms. The highest BCUT2D eigenvalue weighted by atomic mass is 79.9. The Morgan fingerprint density at radius 2 is 2.18 bits per heavy atom. The van der Waals surface area contributed by atoms with E-state index in [2.05, 4.69) is 15.9 Å². The number of aromatic hydroxyl groups is 1. The van der Waals surface area contributed by atoms with E-state index in [0.717, 1.165) is 10.0 Å². The molecule has 0 saturated carbocycles. The zero-order valence-electron chi connectivity index (χ0n) is 6.21. The lowest BCUT2D eigenvalue weighted by molar-refractivity contribution is 0.463. The molecule has 0 aromatic heterocycles. The summed E-state index contributed by atoms with van der Waals surface area (Å²) in [5.74, 6) is 0.245. The van der Waals surface area contributed by atoms with Gasteiger partial charge in [0.15, 0.2) is 0 Å². The van der Waals surface area contributed by atoms with E-state index in [-0.39, 0.29) is 11.8 Å². The molecule has 0 radical (unpaired) electrons. The minimum Gasteiger partial charge on any atom is -0.508 e. The van der Waals surface area contributed by atoms with Gasteiger partial charge in [0.1, 0.15) is 5.75 Å². The van der Waals surface area contributed by atoms with Gasteiger partial charge in [-0.3, -0.25) is 0 Å². The first-order chi connectivity index (χ1) is 5.13. The molecule has 0 heterocycles. The maximum atomic E-state index is 9.35. The van der Waals surface area contributed by atoms with Crippen molar-refractivity contribution in [3.8, 4) is 5.75 Å². The smallest absolute Gasteiger partial charge is 0.121 e. The van der Waals surface area contributed by atoms with Crippen molar-refractivity contribution in [1.82, 2.24) is 0 Å². The van der Waals surface area contributed by atoms with E-state index >= 15 is 0 Å². The van der Waals surface area contributed by atoms with Gasteiger partial charge in [0.2, 0.25) is 0 Å². The summed E-state index contributed by atoms with van der Waals surface area (Å²) in [6.07, 6.45) is 0. The average Bonchev–Trinajstić information content (AvgIpc) is 1.85. The minimum absolute atomic E-state index is 0.148. The van der Waals surface area contributed by atoms with Gasteiger partial charge in [0.25, 0.3) is 0 Å². The van der Waals surface area contributed by atoms with Crippen molar-refractivity contribution in [2.75, 3.05) is 0 Å². The molecule has 3 N–H and O–H groups in total. The van der Waals surface area contributed by atoms with E-state index in [0.29, 0.717) is 0 Å². The van der Waals surface area contributed by atoms with Crippen molar-refractivity contribution in [3.05, 3.63) is 28.2 Å². The van der Waals surface area contributed by atoms with Crippen LogP contribution in [0.2, 0.25) is 0 Å². The third-order valence-electron chi connectivity index (χ3n) is 1.49. The highest BCUT2D eigenvalue weighted by Crippen LogP contribution is 2.29. The molecule has 1 aromatic rings. The Balaban J connectivity index is 3.21. The molecule has 1 aromatic carbocycles. The standard InChI is InChI=1S/C8H10BrNO/c1-5(10)8-6(9)3-2-4-7(8)11/h2-5,11H,10H2,1H3/t5-/m0/s1. The monoisotopic (exact) mass is 215 g/mol. The number of rotatable bonds is 1. The number of halogens is 1. The fourth-order valence-electron chi connectivity index (χ4n) is 0.976. The van der Waals surface area contributed by atoms with Crippen LogP contribution in [0.15, 0.2) is 22.7 Å². The van der Waals surface area contributed by atoms with Gasteiger partial charge in [0.05, 0.1) is 0 Å². The highest BCUT2D eigenvalue weighted by molar-refractivity contribution is 9.10. The Bertz CT molecular complexity index is 240.